The molecule has 4 rings (SSSR count). The van der Waals surface area contributed by atoms with Gasteiger partial charge in [0.25, 0.3) is 16.0 Å². The van der Waals surface area contributed by atoms with E-state index in [1.54, 1.807) is 30.7 Å². The maximum Gasteiger partial charge on any atom is 0.262 e. The summed E-state index contributed by atoms with van der Waals surface area (Å²) in [4.78, 5) is 11.3. The molecule has 10 heteroatoms. The second-order valence-corrected chi connectivity index (χ2v) is 9.46. The van der Waals surface area contributed by atoms with Crippen LogP contribution in [0.4, 0.5) is 11.4 Å². The predicted molar refractivity (Wildman–Crippen MR) is 115 cm³/mol. The number of hydrogen-bond donors (Lipinski definition) is 1. The largest absolute Gasteiger partial charge is 0.367 e. The van der Waals surface area contributed by atoms with Crippen molar-refractivity contribution >= 4 is 33.2 Å². The zero-order valence-corrected chi connectivity index (χ0v) is 17.7. The number of nitrogens with zero attached hydrogens (tertiary/aromatic N) is 5. The monoisotopic (exact) mass is 430 g/mol. The summed E-state index contributed by atoms with van der Waals surface area (Å²) in [6.45, 7) is 3.90. The number of anilines is 2. The highest BCUT2D eigenvalue weighted by atomic mass is 32.2. The summed E-state index contributed by atoms with van der Waals surface area (Å²) in [6.07, 6.45) is 7.21. The molecule has 1 aliphatic rings. The van der Waals surface area contributed by atoms with Crippen LogP contribution in [0.1, 0.15) is 12.5 Å². The van der Waals surface area contributed by atoms with Gasteiger partial charge in [0, 0.05) is 24.6 Å². The van der Waals surface area contributed by atoms with Crippen LogP contribution in [0.25, 0.3) is 5.95 Å². The van der Waals surface area contributed by atoms with Gasteiger partial charge < -0.3 is 4.90 Å². The van der Waals surface area contributed by atoms with Crippen molar-refractivity contribution in [3.8, 4) is 5.95 Å². The predicted octanol–water partition coefficient (Wildman–Crippen LogP) is 2.58. The molecular formula is C19H22N6O2S2. The topological polar surface area (TPSA) is 93.0 Å². The molecule has 0 atom stereocenters. The first-order chi connectivity index (χ1) is 14.1. The number of rotatable bonds is 6. The van der Waals surface area contributed by atoms with Crippen LogP contribution >= 0.6 is 11.8 Å². The second-order valence-electron chi connectivity index (χ2n) is 6.58. The molecule has 1 fully saturated rings. The Bertz CT molecular complexity index is 1080. The first-order valence-electron chi connectivity index (χ1n) is 9.37. The van der Waals surface area contributed by atoms with Gasteiger partial charge in [0.1, 0.15) is 0 Å². The van der Waals surface area contributed by atoms with Crippen LogP contribution < -0.4 is 9.62 Å². The zero-order chi connectivity index (χ0) is 20.3. The molecule has 1 saturated heterocycles. The third-order valence-corrected chi connectivity index (χ3v) is 7.11. The number of aromatic nitrogens is 4. The van der Waals surface area contributed by atoms with Crippen LogP contribution in [0, 0.1) is 0 Å². The lowest BCUT2D eigenvalue weighted by molar-refractivity contribution is 0.600. The lowest BCUT2D eigenvalue weighted by Gasteiger charge is -2.27. The van der Waals surface area contributed by atoms with Gasteiger partial charge in [-0.05, 0) is 18.1 Å². The number of benzene rings is 1. The molecule has 0 amide bonds. The zero-order valence-electron chi connectivity index (χ0n) is 16.0. The fourth-order valence-corrected chi connectivity index (χ4v) is 5.41. The summed E-state index contributed by atoms with van der Waals surface area (Å²) in [5.74, 6) is 2.59. The summed E-state index contributed by atoms with van der Waals surface area (Å²) in [7, 11) is -3.70. The van der Waals surface area contributed by atoms with Gasteiger partial charge in [-0.15, -0.1) is 0 Å². The third kappa shape index (κ3) is 4.38. The van der Waals surface area contributed by atoms with E-state index in [0.29, 0.717) is 18.1 Å². The van der Waals surface area contributed by atoms with E-state index in [-0.39, 0.29) is 4.90 Å². The molecule has 3 heterocycles. The van der Waals surface area contributed by atoms with E-state index in [1.807, 2.05) is 30.8 Å². The van der Waals surface area contributed by atoms with Crippen LogP contribution in [0.5, 0.6) is 0 Å². The quantitative estimate of drug-likeness (QED) is 0.642. The fraction of sp³-hybridized carbons (Fsp3) is 0.316. The Morgan fingerprint density at radius 2 is 1.83 bits per heavy atom. The maximum atomic E-state index is 12.8. The maximum absolute atomic E-state index is 12.8. The molecule has 0 unspecified atom stereocenters. The fourth-order valence-electron chi connectivity index (χ4n) is 3.17. The van der Waals surface area contributed by atoms with Gasteiger partial charge in [-0.25, -0.2) is 23.1 Å². The number of nitrogens with one attached hydrogen (secondary N) is 1. The van der Waals surface area contributed by atoms with E-state index < -0.39 is 10.0 Å². The van der Waals surface area contributed by atoms with Crippen molar-refractivity contribution in [2.24, 2.45) is 0 Å². The molecule has 2 aromatic heterocycles. The summed E-state index contributed by atoms with van der Waals surface area (Å²) in [5, 5.41) is 4.20. The van der Waals surface area contributed by atoms with Crippen molar-refractivity contribution in [2.75, 3.05) is 34.2 Å². The Balaban J connectivity index is 1.51. The Morgan fingerprint density at radius 3 is 2.55 bits per heavy atom. The van der Waals surface area contributed by atoms with Crippen molar-refractivity contribution in [3.63, 3.8) is 0 Å². The van der Waals surface area contributed by atoms with Gasteiger partial charge >= 0.3 is 0 Å². The molecule has 152 valence electrons. The Morgan fingerprint density at radius 1 is 1.10 bits per heavy atom. The molecule has 3 aromatic rings. The number of aryl methyl sites for hydroxylation is 1. The molecular weight excluding hydrogens is 408 g/mol. The summed E-state index contributed by atoms with van der Waals surface area (Å²) in [5.41, 5.74) is 2.11. The highest BCUT2D eigenvalue weighted by Crippen LogP contribution is 2.21. The van der Waals surface area contributed by atoms with Gasteiger partial charge in [-0.3, -0.25) is 4.72 Å². The summed E-state index contributed by atoms with van der Waals surface area (Å²) < 4.78 is 29.6. The first kappa shape index (κ1) is 19.7. The highest BCUT2D eigenvalue weighted by Gasteiger charge is 2.19. The van der Waals surface area contributed by atoms with Crippen molar-refractivity contribution in [2.45, 2.75) is 18.2 Å². The lowest BCUT2D eigenvalue weighted by Crippen LogP contribution is -2.32. The Hall–Kier alpha value is -2.59. The molecule has 0 bridgehead atoms. The SMILES string of the molecule is CCc1ccccc1S(=O)(=O)Nc1cnn(-c2ncc(N3CCSCC3)cn2)c1. The Kier molecular flexibility index (Phi) is 5.72. The van der Waals surface area contributed by atoms with E-state index in [9.17, 15) is 8.42 Å². The summed E-state index contributed by atoms with van der Waals surface area (Å²) in [6, 6.07) is 6.97. The number of thioether (sulfide) groups is 1. The van der Waals surface area contributed by atoms with Gasteiger partial charge in [0.05, 0.1) is 41.1 Å². The van der Waals surface area contributed by atoms with Crippen molar-refractivity contribution in [3.05, 3.63) is 54.6 Å². The van der Waals surface area contributed by atoms with E-state index in [2.05, 4.69) is 24.7 Å². The minimum atomic E-state index is -3.70. The van der Waals surface area contributed by atoms with Crippen LogP contribution in [0.2, 0.25) is 0 Å². The van der Waals surface area contributed by atoms with Crippen molar-refractivity contribution in [1.29, 1.82) is 0 Å². The highest BCUT2D eigenvalue weighted by molar-refractivity contribution is 7.99. The number of sulfonamides is 1. The molecule has 1 aliphatic heterocycles. The molecule has 0 radical (unpaired) electrons. The first-order valence-corrected chi connectivity index (χ1v) is 12.0. The van der Waals surface area contributed by atoms with Gasteiger partial charge in [0.2, 0.25) is 0 Å². The second kappa shape index (κ2) is 8.42. The molecule has 1 aromatic carbocycles. The van der Waals surface area contributed by atoms with Crippen LogP contribution in [-0.2, 0) is 16.4 Å². The minimum Gasteiger partial charge on any atom is -0.367 e. The molecule has 0 saturated carbocycles. The smallest absolute Gasteiger partial charge is 0.262 e. The number of hydrogen-bond acceptors (Lipinski definition) is 7. The van der Waals surface area contributed by atoms with E-state index in [0.717, 1.165) is 35.8 Å². The van der Waals surface area contributed by atoms with Crippen LogP contribution in [-0.4, -0.2) is 52.8 Å². The van der Waals surface area contributed by atoms with Crippen LogP contribution in [0.15, 0.2) is 53.9 Å². The van der Waals surface area contributed by atoms with Crippen molar-refractivity contribution < 1.29 is 8.42 Å². The van der Waals surface area contributed by atoms with Crippen LogP contribution in [0.3, 0.4) is 0 Å². The lowest BCUT2D eigenvalue weighted by atomic mass is 10.2. The van der Waals surface area contributed by atoms with E-state index in [4.69, 9.17) is 0 Å². The third-order valence-electron chi connectivity index (χ3n) is 4.68. The van der Waals surface area contributed by atoms with E-state index in [1.165, 1.54) is 10.9 Å². The molecule has 0 spiro atoms. The normalized spacial score (nSPS) is 14.7. The van der Waals surface area contributed by atoms with Gasteiger partial charge in [-0.2, -0.15) is 16.9 Å². The van der Waals surface area contributed by atoms with Gasteiger partial charge in [0.15, 0.2) is 0 Å². The minimum absolute atomic E-state index is 0.274. The standard InChI is InChI=1S/C19H22N6O2S2/c1-2-15-5-3-4-6-18(15)29(26,27)23-16-11-22-25(14-16)19-20-12-17(13-21-19)24-7-9-28-10-8-24/h3-6,11-14,23H,2,7-10H2,1H3. The Labute approximate surface area is 174 Å². The van der Waals surface area contributed by atoms with Gasteiger partial charge in [-0.1, -0.05) is 25.1 Å². The average molecular weight is 431 g/mol. The molecule has 29 heavy (non-hydrogen) atoms. The van der Waals surface area contributed by atoms with E-state index >= 15 is 0 Å². The average Bonchev–Trinajstić information content (AvgIpc) is 3.22. The van der Waals surface area contributed by atoms with Crippen molar-refractivity contribution in [1.82, 2.24) is 19.7 Å². The molecule has 1 N–H and O–H groups in total. The summed E-state index contributed by atoms with van der Waals surface area (Å²) >= 11 is 1.95. The molecule has 8 nitrogen and oxygen atoms in total. The molecule has 0 aliphatic carbocycles.